The highest BCUT2D eigenvalue weighted by atomic mass is 35.5. The van der Waals surface area contributed by atoms with Gasteiger partial charge in [-0.15, -0.1) is 0 Å². The van der Waals surface area contributed by atoms with E-state index in [9.17, 15) is 4.39 Å². The van der Waals surface area contributed by atoms with E-state index in [0.29, 0.717) is 11.8 Å². The Morgan fingerprint density at radius 3 is 2.58 bits per heavy atom. The van der Waals surface area contributed by atoms with E-state index < -0.39 is 0 Å². The average molecular weight is 276 g/mol. The molecule has 0 bridgehead atoms. The van der Waals surface area contributed by atoms with Gasteiger partial charge < -0.3 is 0 Å². The molecule has 1 saturated carbocycles. The zero-order chi connectivity index (χ0) is 13.2. The van der Waals surface area contributed by atoms with Crippen LogP contribution in [0.25, 0.3) is 11.1 Å². The summed E-state index contributed by atoms with van der Waals surface area (Å²) in [5.74, 6) is 0.975. The predicted molar refractivity (Wildman–Crippen MR) is 76.5 cm³/mol. The van der Waals surface area contributed by atoms with Gasteiger partial charge in [0.2, 0.25) is 0 Å². The van der Waals surface area contributed by atoms with Crippen LogP contribution in [0.2, 0.25) is 0 Å². The van der Waals surface area contributed by atoms with Gasteiger partial charge in [-0.25, -0.2) is 9.23 Å². The molecule has 3 rings (SSSR count). The van der Waals surface area contributed by atoms with Crippen LogP contribution in [-0.2, 0) is 0 Å². The third-order valence-electron chi connectivity index (χ3n) is 3.78. The van der Waals surface area contributed by atoms with Crippen molar-refractivity contribution in [2.45, 2.75) is 12.3 Å². The zero-order valence-electron chi connectivity index (χ0n) is 10.4. The molecule has 0 spiro atoms. The minimum atomic E-state index is -0.197. The molecule has 1 fully saturated rings. The van der Waals surface area contributed by atoms with Gasteiger partial charge in [-0.05, 0) is 58.9 Å². The van der Waals surface area contributed by atoms with Gasteiger partial charge in [0.05, 0.1) is 0 Å². The van der Waals surface area contributed by atoms with Crippen LogP contribution in [0.4, 0.5) is 4.39 Å². The molecule has 0 amide bonds. The first-order valence-electron chi connectivity index (χ1n) is 6.48. The molecule has 1 aliphatic carbocycles. The lowest BCUT2D eigenvalue weighted by Crippen LogP contribution is -2.04. The molecule has 1 aliphatic rings. The molecule has 0 aliphatic heterocycles. The maximum Gasteiger partial charge on any atom is 0.123 e. The number of nitrogens with one attached hydrogen (secondary N) is 1. The molecular weight excluding hydrogens is 261 g/mol. The maximum absolute atomic E-state index is 13.0. The van der Waals surface area contributed by atoms with E-state index in [1.54, 1.807) is 0 Å². The number of hydrogen-bond acceptors (Lipinski definition) is 1. The van der Waals surface area contributed by atoms with E-state index in [0.717, 1.165) is 18.5 Å². The molecule has 0 saturated heterocycles. The van der Waals surface area contributed by atoms with Crippen molar-refractivity contribution in [3.05, 3.63) is 59.9 Å². The van der Waals surface area contributed by atoms with Crippen LogP contribution in [0.1, 0.15) is 17.9 Å². The third kappa shape index (κ3) is 2.65. The number of rotatable bonds is 4. The lowest BCUT2D eigenvalue weighted by atomic mass is 9.96. The van der Waals surface area contributed by atoms with Crippen molar-refractivity contribution in [2.75, 3.05) is 6.54 Å². The van der Waals surface area contributed by atoms with Crippen molar-refractivity contribution in [2.24, 2.45) is 5.92 Å². The highest BCUT2D eigenvalue weighted by Crippen LogP contribution is 2.49. The molecule has 98 valence electrons. The molecule has 0 radical (unpaired) electrons. The van der Waals surface area contributed by atoms with Crippen molar-refractivity contribution in [1.29, 1.82) is 0 Å². The molecule has 2 unspecified atom stereocenters. The van der Waals surface area contributed by atoms with Crippen LogP contribution in [0.15, 0.2) is 48.5 Å². The van der Waals surface area contributed by atoms with Gasteiger partial charge in [-0.2, -0.15) is 0 Å². The molecule has 19 heavy (non-hydrogen) atoms. The summed E-state index contributed by atoms with van der Waals surface area (Å²) in [6, 6.07) is 15.1. The first kappa shape index (κ1) is 12.6. The number of halogens is 2. The third-order valence-corrected chi connectivity index (χ3v) is 3.93. The first-order valence-corrected chi connectivity index (χ1v) is 6.85. The molecule has 1 nitrogen and oxygen atoms in total. The largest absolute Gasteiger partial charge is 0.233 e. The molecule has 3 heteroatoms. The van der Waals surface area contributed by atoms with Gasteiger partial charge in [0, 0.05) is 6.54 Å². The Morgan fingerprint density at radius 1 is 1.11 bits per heavy atom. The summed E-state index contributed by atoms with van der Waals surface area (Å²) in [7, 11) is 0. The molecule has 0 heterocycles. The Hall–Kier alpha value is -1.38. The topological polar surface area (TPSA) is 12.0 Å². The summed E-state index contributed by atoms with van der Waals surface area (Å²) in [5.41, 5.74) is 3.61. The van der Waals surface area contributed by atoms with E-state index in [2.05, 4.69) is 23.0 Å². The monoisotopic (exact) mass is 275 g/mol. The van der Waals surface area contributed by atoms with E-state index in [-0.39, 0.29) is 5.82 Å². The van der Waals surface area contributed by atoms with Crippen LogP contribution in [0.3, 0.4) is 0 Å². The van der Waals surface area contributed by atoms with Crippen molar-refractivity contribution >= 4 is 11.8 Å². The molecular formula is C16H15ClFN. The van der Waals surface area contributed by atoms with Crippen molar-refractivity contribution in [3.63, 3.8) is 0 Å². The second kappa shape index (κ2) is 5.32. The predicted octanol–water partition coefficient (Wildman–Crippen LogP) is 4.34. The highest BCUT2D eigenvalue weighted by Gasteiger charge is 2.38. The fraction of sp³-hybridized carbons (Fsp3) is 0.250. The van der Waals surface area contributed by atoms with Crippen LogP contribution in [0.5, 0.6) is 0 Å². The average Bonchev–Trinajstić information content (AvgIpc) is 3.19. The van der Waals surface area contributed by atoms with Crippen molar-refractivity contribution in [1.82, 2.24) is 4.84 Å². The van der Waals surface area contributed by atoms with Crippen molar-refractivity contribution < 1.29 is 4.39 Å². The lowest BCUT2D eigenvalue weighted by Gasteiger charge is -2.09. The summed E-state index contributed by atoms with van der Waals surface area (Å²) < 4.78 is 13.0. The maximum atomic E-state index is 13.0. The fourth-order valence-corrected chi connectivity index (χ4v) is 2.86. The van der Waals surface area contributed by atoms with Gasteiger partial charge in [0.15, 0.2) is 0 Å². The minimum Gasteiger partial charge on any atom is -0.233 e. The Labute approximate surface area is 117 Å². The standard InChI is InChI=1S/C16H15ClFN/c17-19-10-12-9-16(12)15-4-2-1-3-14(15)11-5-7-13(18)8-6-11/h1-8,12,16,19H,9-10H2. The summed E-state index contributed by atoms with van der Waals surface area (Å²) in [6.45, 7) is 0.837. The molecule has 1 N–H and O–H groups in total. The van der Waals surface area contributed by atoms with Crippen molar-refractivity contribution in [3.8, 4) is 11.1 Å². The Balaban J connectivity index is 1.92. The van der Waals surface area contributed by atoms with Crippen LogP contribution < -0.4 is 4.84 Å². The Kier molecular flexibility index (Phi) is 3.54. The Morgan fingerprint density at radius 2 is 1.84 bits per heavy atom. The first-order chi connectivity index (χ1) is 9.29. The quantitative estimate of drug-likeness (QED) is 0.819. The van der Waals surface area contributed by atoms with E-state index in [1.165, 1.54) is 23.3 Å². The van der Waals surface area contributed by atoms with Gasteiger partial charge in [0.1, 0.15) is 5.82 Å². The zero-order valence-corrected chi connectivity index (χ0v) is 11.2. The van der Waals surface area contributed by atoms with Crippen LogP contribution in [0, 0.1) is 11.7 Å². The van der Waals surface area contributed by atoms with Gasteiger partial charge in [0.25, 0.3) is 0 Å². The van der Waals surface area contributed by atoms with E-state index in [4.69, 9.17) is 11.8 Å². The lowest BCUT2D eigenvalue weighted by molar-refractivity contribution is 0.628. The molecule has 2 atom stereocenters. The van der Waals surface area contributed by atoms with Gasteiger partial charge in [-0.3, -0.25) is 0 Å². The highest BCUT2D eigenvalue weighted by molar-refractivity contribution is 6.13. The van der Waals surface area contributed by atoms with E-state index >= 15 is 0 Å². The summed E-state index contributed by atoms with van der Waals surface area (Å²) in [5, 5.41) is 0. The second-order valence-electron chi connectivity index (χ2n) is 5.03. The van der Waals surface area contributed by atoms with Gasteiger partial charge >= 0.3 is 0 Å². The summed E-state index contributed by atoms with van der Waals surface area (Å²) in [4.78, 5) is 2.72. The normalized spacial score (nSPS) is 21.4. The van der Waals surface area contributed by atoms with Gasteiger partial charge in [-0.1, -0.05) is 36.4 Å². The molecule has 2 aromatic rings. The summed E-state index contributed by atoms with van der Waals surface area (Å²) >= 11 is 5.57. The van der Waals surface area contributed by atoms with E-state index in [1.807, 2.05) is 18.2 Å². The van der Waals surface area contributed by atoms with Crippen LogP contribution >= 0.6 is 11.8 Å². The second-order valence-corrected chi connectivity index (χ2v) is 5.30. The number of hydrogen-bond donors (Lipinski definition) is 1. The Bertz CT molecular complexity index is 567. The molecule has 2 aromatic carbocycles. The SMILES string of the molecule is Fc1ccc(-c2ccccc2C2CC2CNCl)cc1. The fourth-order valence-electron chi connectivity index (χ4n) is 2.67. The number of benzene rings is 2. The summed E-state index contributed by atoms with van der Waals surface area (Å²) in [6.07, 6.45) is 1.16. The van der Waals surface area contributed by atoms with Crippen LogP contribution in [-0.4, -0.2) is 6.54 Å². The smallest absolute Gasteiger partial charge is 0.123 e. The molecule has 0 aromatic heterocycles. The minimum absolute atomic E-state index is 0.197.